The van der Waals surface area contributed by atoms with Crippen LogP contribution in [0.25, 0.3) is 0 Å². The standard InChI is InChI=1S/C10H11NO2/c1-7-9(6-12)4-3-5-10(7)11-8(2)13/h3-6H,1-2H3,(H,11,13). The van der Waals surface area contributed by atoms with Gasteiger partial charge in [-0.3, -0.25) is 9.59 Å². The number of hydrogen-bond acceptors (Lipinski definition) is 2. The molecule has 0 radical (unpaired) electrons. The van der Waals surface area contributed by atoms with Crippen LogP contribution >= 0.6 is 0 Å². The fraction of sp³-hybridized carbons (Fsp3) is 0.200. The summed E-state index contributed by atoms with van der Waals surface area (Å²) in [5.41, 5.74) is 2.09. The molecule has 0 aromatic heterocycles. The van der Waals surface area contributed by atoms with Gasteiger partial charge >= 0.3 is 0 Å². The molecule has 0 aliphatic rings. The summed E-state index contributed by atoms with van der Waals surface area (Å²) in [6.07, 6.45) is 0.778. The van der Waals surface area contributed by atoms with Crippen LogP contribution in [0, 0.1) is 6.92 Å². The van der Waals surface area contributed by atoms with Gasteiger partial charge in [0, 0.05) is 18.2 Å². The number of nitrogens with one attached hydrogen (secondary N) is 1. The average molecular weight is 177 g/mol. The monoisotopic (exact) mass is 177 g/mol. The van der Waals surface area contributed by atoms with E-state index in [0.29, 0.717) is 11.3 Å². The molecule has 1 N–H and O–H groups in total. The molecule has 0 saturated heterocycles. The van der Waals surface area contributed by atoms with E-state index >= 15 is 0 Å². The molecule has 0 atom stereocenters. The topological polar surface area (TPSA) is 46.2 Å². The predicted octanol–water partition coefficient (Wildman–Crippen LogP) is 1.77. The molecule has 3 nitrogen and oxygen atoms in total. The lowest BCUT2D eigenvalue weighted by atomic mass is 10.1. The Kier molecular flexibility index (Phi) is 2.80. The quantitative estimate of drug-likeness (QED) is 0.700. The Labute approximate surface area is 76.8 Å². The van der Waals surface area contributed by atoms with E-state index in [2.05, 4.69) is 5.32 Å². The lowest BCUT2D eigenvalue weighted by molar-refractivity contribution is -0.114. The SMILES string of the molecule is CC(=O)Nc1cccc(C=O)c1C. The molecule has 68 valence electrons. The van der Waals surface area contributed by atoms with Crippen molar-refractivity contribution in [2.45, 2.75) is 13.8 Å². The van der Waals surface area contributed by atoms with Gasteiger partial charge in [-0.05, 0) is 18.6 Å². The highest BCUT2D eigenvalue weighted by atomic mass is 16.1. The normalized spacial score (nSPS) is 9.38. The molecule has 0 heterocycles. The number of benzene rings is 1. The minimum absolute atomic E-state index is 0.133. The van der Waals surface area contributed by atoms with Crippen molar-refractivity contribution in [3.05, 3.63) is 29.3 Å². The largest absolute Gasteiger partial charge is 0.326 e. The summed E-state index contributed by atoms with van der Waals surface area (Å²) in [4.78, 5) is 21.3. The summed E-state index contributed by atoms with van der Waals surface area (Å²) in [5, 5.41) is 2.65. The number of hydrogen-bond donors (Lipinski definition) is 1. The van der Waals surface area contributed by atoms with E-state index in [1.807, 2.05) is 0 Å². The van der Waals surface area contributed by atoms with Gasteiger partial charge in [-0.1, -0.05) is 12.1 Å². The Hall–Kier alpha value is -1.64. The van der Waals surface area contributed by atoms with Gasteiger partial charge in [0.2, 0.25) is 5.91 Å². The van der Waals surface area contributed by atoms with Gasteiger partial charge in [0.1, 0.15) is 6.29 Å². The van der Waals surface area contributed by atoms with E-state index in [0.717, 1.165) is 11.8 Å². The second kappa shape index (κ2) is 3.85. The zero-order valence-corrected chi connectivity index (χ0v) is 7.63. The molecule has 1 aromatic rings. The molecule has 3 heteroatoms. The van der Waals surface area contributed by atoms with Gasteiger partial charge in [-0.15, -0.1) is 0 Å². The Bertz CT molecular complexity index is 345. The third-order valence-corrected chi connectivity index (χ3v) is 1.81. The summed E-state index contributed by atoms with van der Waals surface area (Å²) in [7, 11) is 0. The molecule has 0 spiro atoms. The maximum absolute atomic E-state index is 10.8. The van der Waals surface area contributed by atoms with Crippen LogP contribution in [0.2, 0.25) is 0 Å². The molecule has 1 rings (SSSR count). The highest BCUT2D eigenvalue weighted by molar-refractivity contribution is 5.91. The third kappa shape index (κ3) is 2.15. The van der Waals surface area contributed by atoms with Crippen molar-refractivity contribution in [2.75, 3.05) is 5.32 Å². The second-order valence-electron chi connectivity index (χ2n) is 2.82. The summed E-state index contributed by atoms with van der Waals surface area (Å²) in [6, 6.07) is 5.22. The van der Waals surface area contributed by atoms with Crippen LogP contribution < -0.4 is 5.32 Å². The first-order valence-corrected chi connectivity index (χ1v) is 3.97. The molecule has 13 heavy (non-hydrogen) atoms. The van der Waals surface area contributed by atoms with Gasteiger partial charge in [0.25, 0.3) is 0 Å². The number of carbonyl (C=O) groups excluding carboxylic acids is 2. The van der Waals surface area contributed by atoms with Crippen molar-refractivity contribution in [1.82, 2.24) is 0 Å². The molecule has 0 saturated carbocycles. The smallest absolute Gasteiger partial charge is 0.221 e. The minimum Gasteiger partial charge on any atom is -0.326 e. The summed E-state index contributed by atoms with van der Waals surface area (Å²) >= 11 is 0. The maximum Gasteiger partial charge on any atom is 0.221 e. The predicted molar refractivity (Wildman–Crippen MR) is 50.9 cm³/mol. The van der Waals surface area contributed by atoms with E-state index in [4.69, 9.17) is 0 Å². The van der Waals surface area contributed by atoms with Gasteiger partial charge in [-0.25, -0.2) is 0 Å². The summed E-state index contributed by atoms with van der Waals surface area (Å²) in [6.45, 7) is 3.24. The molecular weight excluding hydrogens is 166 g/mol. The molecule has 1 aromatic carbocycles. The lowest BCUT2D eigenvalue weighted by Crippen LogP contribution is -2.07. The Morgan fingerprint density at radius 2 is 2.15 bits per heavy atom. The number of amides is 1. The van der Waals surface area contributed by atoms with Crippen molar-refractivity contribution < 1.29 is 9.59 Å². The zero-order chi connectivity index (χ0) is 9.84. The maximum atomic E-state index is 10.8. The van der Waals surface area contributed by atoms with Crippen molar-refractivity contribution in [3.8, 4) is 0 Å². The molecule has 0 bridgehead atoms. The molecule has 0 aliphatic carbocycles. The Balaban J connectivity index is 3.07. The van der Waals surface area contributed by atoms with Crippen LogP contribution in [-0.4, -0.2) is 12.2 Å². The fourth-order valence-corrected chi connectivity index (χ4v) is 1.11. The number of anilines is 1. The van der Waals surface area contributed by atoms with E-state index in [1.165, 1.54) is 6.92 Å². The minimum atomic E-state index is -0.133. The van der Waals surface area contributed by atoms with Crippen molar-refractivity contribution in [2.24, 2.45) is 0 Å². The molecule has 0 fully saturated rings. The molecule has 0 aliphatic heterocycles. The van der Waals surface area contributed by atoms with Crippen LogP contribution in [0.1, 0.15) is 22.8 Å². The van der Waals surface area contributed by atoms with E-state index in [1.54, 1.807) is 25.1 Å². The second-order valence-corrected chi connectivity index (χ2v) is 2.82. The number of aldehydes is 1. The van der Waals surface area contributed by atoms with Crippen LogP contribution in [0.3, 0.4) is 0 Å². The first kappa shape index (κ1) is 9.45. The summed E-state index contributed by atoms with van der Waals surface area (Å²) < 4.78 is 0. The first-order chi connectivity index (χ1) is 6.15. The third-order valence-electron chi connectivity index (χ3n) is 1.81. The number of rotatable bonds is 2. The van der Waals surface area contributed by atoms with Gasteiger partial charge in [0.05, 0.1) is 0 Å². The van der Waals surface area contributed by atoms with Gasteiger partial charge < -0.3 is 5.32 Å². The van der Waals surface area contributed by atoms with Crippen molar-refractivity contribution in [1.29, 1.82) is 0 Å². The highest BCUT2D eigenvalue weighted by Crippen LogP contribution is 2.17. The van der Waals surface area contributed by atoms with Crippen LogP contribution in [0.4, 0.5) is 5.69 Å². The molecule has 1 amide bonds. The summed E-state index contributed by atoms with van der Waals surface area (Å²) in [5.74, 6) is -0.133. The number of carbonyl (C=O) groups is 2. The molecular formula is C10H11NO2. The van der Waals surface area contributed by atoms with Gasteiger partial charge in [-0.2, -0.15) is 0 Å². The van der Waals surface area contributed by atoms with Crippen LogP contribution in [0.15, 0.2) is 18.2 Å². The Morgan fingerprint density at radius 3 is 2.69 bits per heavy atom. The molecule has 0 unspecified atom stereocenters. The van der Waals surface area contributed by atoms with Crippen molar-refractivity contribution >= 4 is 17.9 Å². The van der Waals surface area contributed by atoms with E-state index in [-0.39, 0.29) is 5.91 Å². The lowest BCUT2D eigenvalue weighted by Gasteiger charge is -2.07. The van der Waals surface area contributed by atoms with E-state index in [9.17, 15) is 9.59 Å². The van der Waals surface area contributed by atoms with Crippen molar-refractivity contribution in [3.63, 3.8) is 0 Å². The first-order valence-electron chi connectivity index (χ1n) is 3.97. The Morgan fingerprint density at radius 1 is 1.46 bits per heavy atom. The highest BCUT2D eigenvalue weighted by Gasteiger charge is 2.03. The van der Waals surface area contributed by atoms with Crippen LogP contribution in [0.5, 0.6) is 0 Å². The van der Waals surface area contributed by atoms with E-state index < -0.39 is 0 Å². The van der Waals surface area contributed by atoms with Crippen LogP contribution in [-0.2, 0) is 4.79 Å². The zero-order valence-electron chi connectivity index (χ0n) is 7.63. The fourth-order valence-electron chi connectivity index (χ4n) is 1.11. The average Bonchev–Trinajstić information content (AvgIpc) is 2.08. The van der Waals surface area contributed by atoms with Gasteiger partial charge in [0.15, 0.2) is 0 Å².